The number of rotatable bonds is 4. The van der Waals surface area contributed by atoms with Gasteiger partial charge in [0, 0.05) is 5.69 Å². The lowest BCUT2D eigenvalue weighted by molar-refractivity contribution is 0.643. The fourth-order valence-electron chi connectivity index (χ4n) is 3.41. The first-order valence-electron chi connectivity index (χ1n) is 8.30. The highest BCUT2D eigenvalue weighted by atomic mass is 14.9. The molecule has 0 radical (unpaired) electrons. The third-order valence-corrected chi connectivity index (χ3v) is 4.49. The maximum absolute atomic E-state index is 3.83. The molecule has 0 spiro atoms. The van der Waals surface area contributed by atoms with Crippen LogP contribution in [0.1, 0.15) is 55.3 Å². The van der Waals surface area contributed by atoms with Gasteiger partial charge in [0.1, 0.15) is 0 Å². The second-order valence-electron chi connectivity index (χ2n) is 6.05. The summed E-state index contributed by atoms with van der Waals surface area (Å²) < 4.78 is 0. The molecule has 1 nitrogen and oxygen atoms in total. The third-order valence-electron chi connectivity index (χ3n) is 4.49. The van der Waals surface area contributed by atoms with Crippen LogP contribution >= 0.6 is 0 Å². The van der Waals surface area contributed by atoms with Gasteiger partial charge in [-0.3, -0.25) is 0 Å². The Morgan fingerprint density at radius 3 is 2.71 bits per heavy atom. The Labute approximate surface area is 128 Å². The van der Waals surface area contributed by atoms with Crippen molar-refractivity contribution in [2.75, 3.05) is 5.32 Å². The van der Waals surface area contributed by atoms with E-state index in [2.05, 4.69) is 60.8 Å². The van der Waals surface area contributed by atoms with Crippen LogP contribution < -0.4 is 5.32 Å². The van der Waals surface area contributed by atoms with Gasteiger partial charge in [0.25, 0.3) is 0 Å². The first kappa shape index (κ1) is 14.2. The van der Waals surface area contributed by atoms with Crippen LogP contribution in [0.4, 0.5) is 5.69 Å². The summed E-state index contributed by atoms with van der Waals surface area (Å²) in [6.45, 7) is 2.25. The highest BCUT2D eigenvalue weighted by Gasteiger charge is 2.18. The first-order valence-corrected chi connectivity index (χ1v) is 8.30. The number of hydrogen-bond acceptors (Lipinski definition) is 1. The maximum Gasteiger partial charge on any atom is 0.0516 e. The molecule has 1 aliphatic rings. The van der Waals surface area contributed by atoms with Gasteiger partial charge in [-0.25, -0.2) is 0 Å². The summed E-state index contributed by atoms with van der Waals surface area (Å²) in [5.41, 5.74) is 5.80. The smallest absolute Gasteiger partial charge is 0.0516 e. The van der Waals surface area contributed by atoms with E-state index in [-0.39, 0.29) is 0 Å². The van der Waals surface area contributed by atoms with Gasteiger partial charge in [-0.05, 0) is 48.4 Å². The number of aryl methyl sites for hydroxylation is 2. The Morgan fingerprint density at radius 2 is 1.81 bits per heavy atom. The van der Waals surface area contributed by atoms with Gasteiger partial charge >= 0.3 is 0 Å². The number of benzene rings is 2. The number of para-hydroxylation sites is 1. The van der Waals surface area contributed by atoms with Gasteiger partial charge in [0.15, 0.2) is 0 Å². The predicted octanol–water partition coefficient (Wildman–Crippen LogP) is 5.52. The minimum Gasteiger partial charge on any atom is -0.378 e. The molecule has 1 unspecified atom stereocenters. The van der Waals surface area contributed by atoms with Crippen molar-refractivity contribution in [1.29, 1.82) is 0 Å². The molecule has 0 fully saturated rings. The van der Waals surface area contributed by atoms with Crippen molar-refractivity contribution in [3.05, 3.63) is 65.2 Å². The number of hydrogen-bond donors (Lipinski definition) is 1. The normalized spacial score (nSPS) is 17.9. The van der Waals surface area contributed by atoms with Crippen LogP contribution in [-0.4, -0.2) is 0 Å². The second-order valence-corrected chi connectivity index (χ2v) is 6.05. The summed E-state index contributed by atoms with van der Waals surface area (Å²) in [6, 6.07) is 18.2. The highest BCUT2D eigenvalue weighted by Crippen LogP contribution is 2.32. The molecule has 21 heavy (non-hydrogen) atoms. The summed E-state index contributed by atoms with van der Waals surface area (Å²) in [6.07, 6.45) is 7.42. The van der Waals surface area contributed by atoms with E-state index in [1.165, 1.54) is 54.5 Å². The minimum atomic E-state index is 0.460. The van der Waals surface area contributed by atoms with Gasteiger partial charge in [0.2, 0.25) is 0 Å². The summed E-state index contributed by atoms with van der Waals surface area (Å²) in [7, 11) is 0. The zero-order chi connectivity index (χ0) is 14.5. The third kappa shape index (κ3) is 3.29. The van der Waals surface area contributed by atoms with Crippen molar-refractivity contribution < 1.29 is 0 Å². The molecular weight excluding hydrogens is 254 g/mol. The number of nitrogens with one attached hydrogen (secondary N) is 1. The standard InChI is InChI=1S/C20H25N/c1-2-9-17-12-5-7-14-19(17)21-20-15-8-4-11-16-10-3-6-13-18(16)20/h3,5-7,10,12-14,20-21H,2,4,8-9,11,15H2,1H3. The minimum absolute atomic E-state index is 0.460. The Morgan fingerprint density at radius 1 is 1.00 bits per heavy atom. The topological polar surface area (TPSA) is 12.0 Å². The summed E-state index contributed by atoms with van der Waals surface area (Å²) >= 11 is 0. The molecule has 2 aromatic carbocycles. The van der Waals surface area contributed by atoms with E-state index < -0.39 is 0 Å². The van der Waals surface area contributed by atoms with Crippen LogP contribution in [0.2, 0.25) is 0 Å². The van der Waals surface area contributed by atoms with E-state index in [9.17, 15) is 0 Å². The molecule has 0 saturated carbocycles. The van der Waals surface area contributed by atoms with E-state index in [0.29, 0.717) is 6.04 Å². The van der Waals surface area contributed by atoms with Gasteiger partial charge in [0.05, 0.1) is 6.04 Å². The fourth-order valence-corrected chi connectivity index (χ4v) is 3.41. The first-order chi connectivity index (χ1) is 10.4. The second kappa shape index (κ2) is 6.80. The molecule has 2 aromatic rings. The number of fused-ring (bicyclic) bond motifs is 1. The fraction of sp³-hybridized carbons (Fsp3) is 0.400. The van der Waals surface area contributed by atoms with Gasteiger partial charge in [-0.2, -0.15) is 0 Å². The Hall–Kier alpha value is -1.76. The van der Waals surface area contributed by atoms with Crippen molar-refractivity contribution in [3.8, 4) is 0 Å². The average molecular weight is 279 g/mol. The Kier molecular flexibility index (Phi) is 4.59. The predicted molar refractivity (Wildman–Crippen MR) is 90.8 cm³/mol. The maximum atomic E-state index is 3.83. The van der Waals surface area contributed by atoms with E-state index in [1.54, 1.807) is 0 Å². The van der Waals surface area contributed by atoms with Crippen LogP contribution in [0.15, 0.2) is 48.5 Å². The molecule has 0 aliphatic heterocycles. The van der Waals surface area contributed by atoms with Crippen molar-refractivity contribution >= 4 is 5.69 Å². The van der Waals surface area contributed by atoms with Crippen molar-refractivity contribution in [1.82, 2.24) is 0 Å². The van der Waals surface area contributed by atoms with Gasteiger partial charge in [-0.15, -0.1) is 0 Å². The van der Waals surface area contributed by atoms with Gasteiger partial charge in [-0.1, -0.05) is 62.2 Å². The van der Waals surface area contributed by atoms with Crippen LogP contribution in [0.3, 0.4) is 0 Å². The lowest BCUT2D eigenvalue weighted by Gasteiger charge is -2.22. The van der Waals surface area contributed by atoms with E-state index in [4.69, 9.17) is 0 Å². The molecule has 3 rings (SSSR count). The quantitative estimate of drug-likeness (QED) is 0.727. The zero-order valence-electron chi connectivity index (χ0n) is 12.9. The molecule has 0 aromatic heterocycles. The van der Waals surface area contributed by atoms with Crippen LogP contribution in [-0.2, 0) is 12.8 Å². The van der Waals surface area contributed by atoms with E-state index >= 15 is 0 Å². The number of anilines is 1. The SMILES string of the molecule is CCCc1ccccc1NC1CCCCc2ccccc21. The van der Waals surface area contributed by atoms with Crippen molar-refractivity contribution in [2.45, 2.75) is 51.5 Å². The Bertz CT molecular complexity index is 588. The zero-order valence-corrected chi connectivity index (χ0v) is 12.9. The lowest BCUT2D eigenvalue weighted by Crippen LogP contribution is -2.12. The van der Waals surface area contributed by atoms with Crippen LogP contribution in [0, 0.1) is 0 Å². The average Bonchev–Trinajstić information content (AvgIpc) is 2.72. The van der Waals surface area contributed by atoms with Crippen LogP contribution in [0.5, 0.6) is 0 Å². The van der Waals surface area contributed by atoms with E-state index in [1.807, 2.05) is 0 Å². The molecule has 0 bridgehead atoms. The van der Waals surface area contributed by atoms with Crippen LogP contribution in [0.25, 0.3) is 0 Å². The summed E-state index contributed by atoms with van der Waals surface area (Å²) in [5, 5.41) is 3.83. The van der Waals surface area contributed by atoms with Gasteiger partial charge < -0.3 is 5.32 Å². The summed E-state index contributed by atoms with van der Waals surface area (Å²) in [4.78, 5) is 0. The molecule has 1 heteroatoms. The molecule has 0 amide bonds. The lowest BCUT2D eigenvalue weighted by atomic mass is 9.98. The molecule has 110 valence electrons. The molecular formula is C20H25N. The van der Waals surface area contributed by atoms with Crippen molar-refractivity contribution in [3.63, 3.8) is 0 Å². The highest BCUT2D eigenvalue weighted by molar-refractivity contribution is 5.53. The summed E-state index contributed by atoms with van der Waals surface area (Å²) in [5.74, 6) is 0. The van der Waals surface area contributed by atoms with E-state index in [0.717, 1.165) is 6.42 Å². The molecule has 0 heterocycles. The molecule has 1 atom stereocenters. The Balaban J connectivity index is 1.88. The molecule has 0 saturated heterocycles. The monoisotopic (exact) mass is 279 g/mol. The van der Waals surface area contributed by atoms with Crippen molar-refractivity contribution in [2.24, 2.45) is 0 Å². The molecule has 1 aliphatic carbocycles. The molecule has 1 N–H and O–H groups in total. The largest absolute Gasteiger partial charge is 0.378 e.